The normalized spacial score (nSPS) is 15.3. The van der Waals surface area contributed by atoms with Gasteiger partial charge in [-0.25, -0.2) is 0 Å². The number of nitrogens with one attached hydrogen (secondary N) is 1. The van der Waals surface area contributed by atoms with Gasteiger partial charge in [0.1, 0.15) is 5.75 Å². The van der Waals surface area contributed by atoms with E-state index in [0.717, 1.165) is 47.1 Å². The van der Waals surface area contributed by atoms with E-state index in [2.05, 4.69) is 19.9 Å². The van der Waals surface area contributed by atoms with Crippen molar-refractivity contribution < 1.29 is 32.3 Å². The van der Waals surface area contributed by atoms with E-state index in [9.17, 15) is 18.0 Å². The number of carboxylic acids is 1. The van der Waals surface area contributed by atoms with Gasteiger partial charge >= 0.3 is 12.3 Å². The lowest BCUT2D eigenvalue weighted by molar-refractivity contribution is -0.274. The molecule has 34 heavy (non-hydrogen) atoms. The van der Waals surface area contributed by atoms with E-state index in [0.29, 0.717) is 5.56 Å². The van der Waals surface area contributed by atoms with Crippen LogP contribution < -0.4 is 4.74 Å². The Morgan fingerprint density at radius 3 is 2.82 bits per heavy atom. The summed E-state index contributed by atoms with van der Waals surface area (Å²) in [5.74, 6) is -1.34. The van der Waals surface area contributed by atoms with Gasteiger partial charge < -0.3 is 19.4 Å². The van der Waals surface area contributed by atoms with Crippen LogP contribution in [0.1, 0.15) is 35.6 Å². The predicted molar refractivity (Wildman–Crippen MR) is 112 cm³/mol. The Morgan fingerprint density at radius 1 is 1.26 bits per heavy atom. The number of benzene rings is 2. The highest BCUT2D eigenvalue weighted by Gasteiger charge is 2.32. The second-order valence-electron chi connectivity index (χ2n) is 7.94. The van der Waals surface area contributed by atoms with Crippen molar-refractivity contribution in [2.24, 2.45) is 0 Å². The topological polar surface area (TPSA) is 125 Å². The third-order valence-electron chi connectivity index (χ3n) is 5.71. The molecule has 0 amide bonds. The Balaban J connectivity index is 1.49. The average Bonchev–Trinajstić information content (AvgIpc) is 3.48. The molecule has 0 unspecified atom stereocenters. The van der Waals surface area contributed by atoms with Crippen LogP contribution in [0.2, 0.25) is 0 Å². The molecular weight excluding hydrogens is 453 g/mol. The molecule has 11 heteroatoms. The first-order valence-electron chi connectivity index (χ1n) is 10.2. The number of aliphatic carboxylic acids is 1. The van der Waals surface area contributed by atoms with E-state index >= 15 is 0 Å². The summed E-state index contributed by atoms with van der Waals surface area (Å²) < 4.78 is 47.1. The summed E-state index contributed by atoms with van der Waals surface area (Å²) in [7, 11) is 0. The predicted octanol–water partition coefficient (Wildman–Crippen LogP) is 5.16. The highest BCUT2D eigenvalue weighted by atomic mass is 19.4. The van der Waals surface area contributed by atoms with E-state index in [1.807, 2.05) is 12.1 Å². The third kappa shape index (κ3) is 4.05. The second kappa shape index (κ2) is 7.91. The van der Waals surface area contributed by atoms with Crippen molar-refractivity contribution in [3.8, 4) is 34.7 Å². The molecule has 0 saturated carbocycles. The van der Waals surface area contributed by atoms with Gasteiger partial charge in [-0.2, -0.15) is 10.2 Å². The Labute approximate surface area is 189 Å². The number of aromatic amines is 1. The average molecular weight is 468 g/mol. The molecule has 172 valence electrons. The first kappa shape index (κ1) is 21.5. The van der Waals surface area contributed by atoms with Crippen LogP contribution in [0.4, 0.5) is 13.2 Å². The summed E-state index contributed by atoms with van der Waals surface area (Å²) in [5.41, 5.74) is 3.52. The van der Waals surface area contributed by atoms with E-state index in [1.54, 1.807) is 12.1 Å². The van der Waals surface area contributed by atoms with Crippen molar-refractivity contribution in [1.82, 2.24) is 15.1 Å². The number of nitrogens with zero attached hydrogens (tertiary/aromatic N) is 3. The fourth-order valence-electron chi connectivity index (χ4n) is 4.34. The molecule has 1 aliphatic carbocycles. The van der Waals surface area contributed by atoms with Crippen LogP contribution in [-0.4, -0.2) is 32.6 Å². The van der Waals surface area contributed by atoms with Crippen LogP contribution in [0, 0.1) is 11.3 Å². The number of nitriles is 1. The van der Waals surface area contributed by atoms with Crippen LogP contribution in [0.3, 0.4) is 0 Å². The Morgan fingerprint density at radius 2 is 2.09 bits per heavy atom. The zero-order valence-corrected chi connectivity index (χ0v) is 17.3. The standard InChI is InChI=1S/C23H15F3N4O4/c24-23(25,26)33-15-6-11(10-27)5-14(7-15)22-29-21(30-34-22)13-2-4-18-17(8-13)16-3-1-12(9-19(31)32)20(16)28-18/h2,4-8,12,28H,1,3,9H2,(H,31,32)/t12-/m0/s1. The number of aromatic nitrogens is 3. The molecule has 0 radical (unpaired) electrons. The van der Waals surface area contributed by atoms with Crippen molar-refractivity contribution >= 4 is 16.9 Å². The minimum Gasteiger partial charge on any atom is -0.481 e. The number of ether oxygens (including phenoxy) is 1. The summed E-state index contributed by atoms with van der Waals surface area (Å²) in [6.07, 6.45) is -3.36. The number of aryl methyl sites for hydroxylation is 1. The van der Waals surface area contributed by atoms with Crippen LogP contribution >= 0.6 is 0 Å². The molecule has 0 bridgehead atoms. The lowest BCUT2D eigenvalue weighted by Crippen LogP contribution is -2.17. The van der Waals surface area contributed by atoms with Crippen LogP contribution in [0.25, 0.3) is 33.7 Å². The lowest BCUT2D eigenvalue weighted by Gasteiger charge is -2.09. The zero-order valence-electron chi connectivity index (χ0n) is 17.3. The highest BCUT2D eigenvalue weighted by Crippen LogP contribution is 2.40. The van der Waals surface area contributed by atoms with Crippen molar-refractivity contribution in [3.05, 3.63) is 53.2 Å². The molecule has 0 fully saturated rings. The smallest absolute Gasteiger partial charge is 0.481 e. The first-order chi connectivity index (χ1) is 16.2. The number of H-pyrrole nitrogens is 1. The number of rotatable bonds is 5. The van der Waals surface area contributed by atoms with Crippen LogP contribution in [0.5, 0.6) is 5.75 Å². The van der Waals surface area contributed by atoms with E-state index in [-0.39, 0.29) is 35.2 Å². The molecule has 1 aliphatic rings. The van der Waals surface area contributed by atoms with Gasteiger partial charge in [0.2, 0.25) is 5.82 Å². The van der Waals surface area contributed by atoms with Crippen molar-refractivity contribution in [3.63, 3.8) is 0 Å². The maximum Gasteiger partial charge on any atom is 0.573 e. The molecule has 2 aromatic heterocycles. The highest BCUT2D eigenvalue weighted by molar-refractivity contribution is 5.89. The van der Waals surface area contributed by atoms with Crippen molar-refractivity contribution in [2.75, 3.05) is 0 Å². The minimum absolute atomic E-state index is 0.0582. The van der Waals surface area contributed by atoms with E-state index in [1.165, 1.54) is 6.07 Å². The second-order valence-corrected chi connectivity index (χ2v) is 7.94. The molecule has 0 saturated heterocycles. The fraction of sp³-hybridized carbons (Fsp3) is 0.217. The van der Waals surface area contributed by atoms with Gasteiger partial charge in [0.05, 0.1) is 18.1 Å². The number of carboxylic acid groups (broad SMARTS) is 1. The Kier molecular flexibility index (Phi) is 5.01. The Hall–Kier alpha value is -4.33. The summed E-state index contributed by atoms with van der Waals surface area (Å²) in [4.78, 5) is 18.8. The van der Waals surface area contributed by atoms with Crippen LogP contribution in [0.15, 0.2) is 40.9 Å². The molecule has 1 atom stereocenters. The molecule has 5 rings (SSSR count). The molecule has 0 aliphatic heterocycles. The molecular formula is C23H15F3N4O4. The molecule has 2 aromatic carbocycles. The monoisotopic (exact) mass is 468 g/mol. The number of hydrogen-bond acceptors (Lipinski definition) is 6. The number of hydrogen-bond donors (Lipinski definition) is 2. The summed E-state index contributed by atoms with van der Waals surface area (Å²) in [6.45, 7) is 0. The van der Waals surface area contributed by atoms with Crippen molar-refractivity contribution in [1.29, 1.82) is 5.26 Å². The number of alkyl halides is 3. The van der Waals surface area contributed by atoms with E-state index < -0.39 is 18.1 Å². The number of halogens is 3. The van der Waals surface area contributed by atoms with Gasteiger partial charge in [-0.3, -0.25) is 4.79 Å². The first-order valence-corrected chi connectivity index (χ1v) is 10.2. The van der Waals surface area contributed by atoms with Crippen molar-refractivity contribution in [2.45, 2.75) is 31.5 Å². The zero-order chi connectivity index (χ0) is 24.0. The van der Waals surface area contributed by atoms with E-state index in [4.69, 9.17) is 14.9 Å². The van der Waals surface area contributed by atoms with Gasteiger partial charge in [0.25, 0.3) is 5.89 Å². The maximum atomic E-state index is 12.6. The number of fused-ring (bicyclic) bond motifs is 3. The molecule has 0 spiro atoms. The third-order valence-corrected chi connectivity index (χ3v) is 5.71. The lowest BCUT2D eigenvalue weighted by atomic mass is 10.0. The molecule has 4 aromatic rings. The SMILES string of the molecule is N#Cc1cc(OC(F)(F)F)cc(-c2nc(-c3ccc4[nH]c5c(c4c3)CC[C@H]5CC(=O)O)no2)c1. The maximum absolute atomic E-state index is 12.6. The van der Waals surface area contributed by atoms with Gasteiger partial charge in [-0.15, -0.1) is 13.2 Å². The molecule has 2 N–H and O–H groups in total. The van der Waals surface area contributed by atoms with Gasteiger partial charge in [-0.1, -0.05) is 5.16 Å². The largest absolute Gasteiger partial charge is 0.573 e. The molecule has 8 nitrogen and oxygen atoms in total. The van der Waals surface area contributed by atoms with Gasteiger partial charge in [0.15, 0.2) is 0 Å². The summed E-state index contributed by atoms with van der Waals surface area (Å²) >= 11 is 0. The van der Waals surface area contributed by atoms with Crippen LogP contribution in [-0.2, 0) is 11.2 Å². The quantitative estimate of drug-likeness (QED) is 0.414. The van der Waals surface area contributed by atoms with Gasteiger partial charge in [0, 0.05) is 33.6 Å². The Bertz CT molecular complexity index is 1470. The number of carbonyl (C=O) groups is 1. The molecule has 2 heterocycles. The summed E-state index contributed by atoms with van der Waals surface area (Å²) in [5, 5.41) is 23.2. The minimum atomic E-state index is -4.92. The fourth-order valence-corrected chi connectivity index (χ4v) is 4.34. The summed E-state index contributed by atoms with van der Waals surface area (Å²) in [6, 6.07) is 10.6. The van der Waals surface area contributed by atoms with Gasteiger partial charge in [-0.05, 0) is 54.8 Å².